The van der Waals surface area contributed by atoms with Crippen molar-refractivity contribution in [2.45, 2.75) is 19.4 Å². The first kappa shape index (κ1) is 21.5. The molecule has 0 aliphatic carbocycles. The number of nitrogens with zero attached hydrogens (tertiary/aromatic N) is 1. The first-order chi connectivity index (χ1) is 13.8. The molecule has 0 bridgehead atoms. The summed E-state index contributed by atoms with van der Waals surface area (Å²) in [6.45, 7) is 0.669. The number of nitro groups is 1. The molecule has 0 aliphatic rings. The topological polar surface area (TPSA) is 128 Å². The molecule has 152 valence electrons. The number of nitro benzene ring substituents is 1. The Morgan fingerprint density at radius 1 is 1.17 bits per heavy atom. The minimum absolute atomic E-state index is 0.0143. The third-order valence-electron chi connectivity index (χ3n) is 3.74. The van der Waals surface area contributed by atoms with E-state index in [1.165, 1.54) is 6.92 Å². The fraction of sp³-hybridized carbons (Fsp3) is 0.211. The van der Waals surface area contributed by atoms with Crippen molar-refractivity contribution in [1.29, 1.82) is 0 Å². The lowest BCUT2D eigenvalue weighted by atomic mass is 10.0. The molecule has 1 atom stereocenters. The predicted molar refractivity (Wildman–Crippen MR) is 100 cm³/mol. The van der Waals surface area contributed by atoms with E-state index in [4.69, 9.17) is 4.74 Å². The highest BCUT2D eigenvalue weighted by Crippen LogP contribution is 2.21. The van der Waals surface area contributed by atoms with Gasteiger partial charge in [-0.3, -0.25) is 24.5 Å². The summed E-state index contributed by atoms with van der Waals surface area (Å²) in [5, 5.41) is 15.6. The van der Waals surface area contributed by atoms with Crippen LogP contribution in [-0.4, -0.2) is 29.3 Å². The van der Waals surface area contributed by atoms with E-state index in [0.717, 1.165) is 18.2 Å². The summed E-state index contributed by atoms with van der Waals surface area (Å²) in [7, 11) is 0. The largest absolute Gasteiger partial charge is 0.455 e. The van der Waals surface area contributed by atoms with E-state index >= 15 is 0 Å². The van der Waals surface area contributed by atoms with Crippen LogP contribution in [-0.2, 0) is 19.1 Å². The first-order valence-corrected chi connectivity index (χ1v) is 8.47. The summed E-state index contributed by atoms with van der Waals surface area (Å²) < 4.78 is 18.2. The number of carbonyl (C=O) groups excluding carboxylic acids is 3. The van der Waals surface area contributed by atoms with Gasteiger partial charge in [-0.2, -0.15) is 4.39 Å². The number of rotatable bonds is 8. The monoisotopic (exact) mass is 403 g/mol. The maximum absolute atomic E-state index is 13.3. The summed E-state index contributed by atoms with van der Waals surface area (Å²) in [4.78, 5) is 45.1. The number of carbonyl (C=O) groups is 3. The number of hydrogen-bond donors (Lipinski definition) is 2. The highest BCUT2D eigenvalue weighted by molar-refractivity contribution is 5.93. The molecule has 0 saturated heterocycles. The Hall–Kier alpha value is -3.82. The average Bonchev–Trinajstić information content (AvgIpc) is 2.67. The summed E-state index contributed by atoms with van der Waals surface area (Å²) in [6, 6.07) is 11.0. The van der Waals surface area contributed by atoms with Gasteiger partial charge in [-0.15, -0.1) is 0 Å². The van der Waals surface area contributed by atoms with Gasteiger partial charge in [-0.1, -0.05) is 30.3 Å². The number of halogens is 1. The quantitative estimate of drug-likeness (QED) is 0.396. The molecule has 2 rings (SSSR count). The maximum atomic E-state index is 13.3. The van der Waals surface area contributed by atoms with Gasteiger partial charge < -0.3 is 15.4 Å². The van der Waals surface area contributed by atoms with Crippen LogP contribution in [0.2, 0.25) is 0 Å². The Morgan fingerprint density at radius 2 is 1.86 bits per heavy atom. The van der Waals surface area contributed by atoms with Crippen molar-refractivity contribution in [3.05, 3.63) is 70.0 Å². The van der Waals surface area contributed by atoms with Crippen molar-refractivity contribution in [1.82, 2.24) is 5.32 Å². The van der Waals surface area contributed by atoms with Gasteiger partial charge in [-0.25, -0.2) is 0 Å². The highest BCUT2D eigenvalue weighted by atomic mass is 19.1. The molecule has 0 heterocycles. The Labute approximate surface area is 165 Å². The minimum atomic E-state index is -1.04. The molecule has 2 amide bonds. The molecule has 1 unspecified atom stereocenters. The Bertz CT molecular complexity index is 919. The molecule has 2 aromatic rings. The number of ether oxygens (including phenoxy) is 1. The predicted octanol–water partition coefficient (Wildman–Crippen LogP) is 2.48. The standard InChI is InChI=1S/C19H18FN3O6/c1-12(24)21-16(13-5-3-2-4-6-13)10-19(26)29-11-18(25)22-14-7-8-15(20)17(9-14)23(27)28/h2-9,16H,10-11H2,1H3,(H,21,24)(H,22,25). The van der Waals surface area contributed by atoms with Gasteiger partial charge in [0, 0.05) is 18.7 Å². The number of nitrogens with one attached hydrogen (secondary N) is 2. The minimum Gasteiger partial charge on any atom is -0.455 e. The van der Waals surface area contributed by atoms with Crippen molar-refractivity contribution in [3.63, 3.8) is 0 Å². The Balaban J connectivity index is 1.92. The zero-order valence-electron chi connectivity index (χ0n) is 15.4. The van der Waals surface area contributed by atoms with E-state index in [0.29, 0.717) is 5.56 Å². The van der Waals surface area contributed by atoms with Crippen LogP contribution in [0.1, 0.15) is 24.9 Å². The fourth-order valence-corrected chi connectivity index (χ4v) is 2.48. The SMILES string of the molecule is CC(=O)NC(CC(=O)OCC(=O)Nc1ccc(F)c([N+](=O)[O-])c1)c1ccccc1. The van der Waals surface area contributed by atoms with Gasteiger partial charge in [0.05, 0.1) is 17.4 Å². The second-order valence-electron chi connectivity index (χ2n) is 6.00. The zero-order chi connectivity index (χ0) is 21.4. The lowest BCUT2D eigenvalue weighted by molar-refractivity contribution is -0.387. The lowest BCUT2D eigenvalue weighted by Crippen LogP contribution is -2.29. The van der Waals surface area contributed by atoms with Crippen molar-refractivity contribution >= 4 is 29.2 Å². The van der Waals surface area contributed by atoms with Gasteiger partial charge in [0.25, 0.3) is 5.91 Å². The van der Waals surface area contributed by atoms with Crippen LogP contribution in [0.4, 0.5) is 15.8 Å². The number of anilines is 1. The maximum Gasteiger partial charge on any atom is 0.308 e. The molecular weight excluding hydrogens is 385 g/mol. The highest BCUT2D eigenvalue weighted by Gasteiger charge is 2.19. The van der Waals surface area contributed by atoms with Gasteiger partial charge >= 0.3 is 11.7 Å². The number of benzene rings is 2. The normalized spacial score (nSPS) is 11.2. The molecule has 29 heavy (non-hydrogen) atoms. The molecule has 0 spiro atoms. The molecule has 0 radical (unpaired) electrons. The number of hydrogen-bond acceptors (Lipinski definition) is 6. The molecule has 2 N–H and O–H groups in total. The molecule has 0 aromatic heterocycles. The molecule has 0 saturated carbocycles. The molecule has 9 nitrogen and oxygen atoms in total. The van der Waals surface area contributed by atoms with E-state index in [2.05, 4.69) is 10.6 Å². The number of amides is 2. The van der Waals surface area contributed by atoms with Crippen molar-refractivity contribution < 1.29 is 28.4 Å². The van der Waals surface area contributed by atoms with Crippen LogP contribution in [0.3, 0.4) is 0 Å². The average molecular weight is 403 g/mol. The molecule has 10 heteroatoms. The number of esters is 1. The van der Waals surface area contributed by atoms with Crippen LogP contribution >= 0.6 is 0 Å². The van der Waals surface area contributed by atoms with E-state index in [-0.39, 0.29) is 18.0 Å². The van der Waals surface area contributed by atoms with E-state index in [1.54, 1.807) is 30.3 Å². The summed E-state index contributed by atoms with van der Waals surface area (Å²) in [5.41, 5.74) is -0.108. The molecule has 0 aliphatic heterocycles. The zero-order valence-corrected chi connectivity index (χ0v) is 15.4. The van der Waals surface area contributed by atoms with Gasteiger partial charge in [0.2, 0.25) is 11.7 Å². The third kappa shape index (κ3) is 6.69. The first-order valence-electron chi connectivity index (χ1n) is 8.47. The second-order valence-corrected chi connectivity index (χ2v) is 6.00. The molecular formula is C19H18FN3O6. The molecule has 0 fully saturated rings. The van der Waals surface area contributed by atoms with Crippen molar-refractivity contribution in [2.75, 3.05) is 11.9 Å². The second kappa shape index (κ2) is 9.93. The summed E-state index contributed by atoms with van der Waals surface area (Å²) in [6.07, 6.45) is -0.196. The van der Waals surface area contributed by atoms with Crippen molar-refractivity contribution in [2.24, 2.45) is 0 Å². The Kier molecular flexibility index (Phi) is 7.35. The van der Waals surface area contributed by atoms with Crippen LogP contribution in [0.15, 0.2) is 48.5 Å². The summed E-state index contributed by atoms with van der Waals surface area (Å²) >= 11 is 0. The summed E-state index contributed by atoms with van der Waals surface area (Å²) in [5.74, 6) is -2.85. The fourth-order valence-electron chi connectivity index (χ4n) is 2.48. The lowest BCUT2D eigenvalue weighted by Gasteiger charge is -2.17. The van der Waals surface area contributed by atoms with Crippen LogP contribution in [0.5, 0.6) is 0 Å². The van der Waals surface area contributed by atoms with Gasteiger partial charge in [0.1, 0.15) is 0 Å². The van der Waals surface area contributed by atoms with Crippen LogP contribution in [0, 0.1) is 15.9 Å². The smallest absolute Gasteiger partial charge is 0.308 e. The van der Waals surface area contributed by atoms with E-state index < -0.39 is 41.0 Å². The Morgan fingerprint density at radius 3 is 2.48 bits per heavy atom. The van der Waals surface area contributed by atoms with E-state index in [1.807, 2.05) is 0 Å². The van der Waals surface area contributed by atoms with Crippen molar-refractivity contribution in [3.8, 4) is 0 Å². The van der Waals surface area contributed by atoms with Crippen LogP contribution in [0.25, 0.3) is 0 Å². The van der Waals surface area contributed by atoms with Gasteiger partial charge in [0.15, 0.2) is 6.61 Å². The van der Waals surface area contributed by atoms with E-state index in [9.17, 15) is 28.9 Å². The van der Waals surface area contributed by atoms with Crippen LogP contribution < -0.4 is 10.6 Å². The molecule has 2 aromatic carbocycles. The van der Waals surface area contributed by atoms with Gasteiger partial charge in [-0.05, 0) is 17.7 Å². The third-order valence-corrected chi connectivity index (χ3v) is 3.74.